The summed E-state index contributed by atoms with van der Waals surface area (Å²) in [7, 11) is 1.99. The number of aromatic nitrogens is 2. The van der Waals surface area contributed by atoms with E-state index in [9.17, 15) is 4.79 Å². The molecule has 2 heterocycles. The van der Waals surface area contributed by atoms with Crippen LogP contribution in [0.3, 0.4) is 0 Å². The Labute approximate surface area is 113 Å². The summed E-state index contributed by atoms with van der Waals surface area (Å²) in [5.74, 6) is 2.22. The topological polar surface area (TPSA) is 61.0 Å². The molecule has 5 heteroatoms. The van der Waals surface area contributed by atoms with E-state index in [4.69, 9.17) is 0 Å². The molecule has 2 aliphatic rings. The first kappa shape index (κ1) is 12.7. The molecule has 1 saturated carbocycles. The van der Waals surface area contributed by atoms with Gasteiger partial charge in [-0.2, -0.15) is 0 Å². The Morgan fingerprint density at radius 2 is 2.37 bits per heavy atom. The summed E-state index contributed by atoms with van der Waals surface area (Å²) in [5.41, 5.74) is 0.257. The van der Waals surface area contributed by atoms with Gasteiger partial charge in [-0.3, -0.25) is 4.79 Å². The van der Waals surface area contributed by atoms with Gasteiger partial charge in [0.2, 0.25) is 0 Å². The van der Waals surface area contributed by atoms with Gasteiger partial charge in [0, 0.05) is 31.6 Å². The lowest BCUT2D eigenvalue weighted by atomic mass is 9.90. The first-order valence-electron chi connectivity index (χ1n) is 7.10. The number of nitrogens with one attached hydrogen (secondary N) is 2. The average Bonchev–Trinajstić information content (AvgIpc) is 3.13. The maximum Gasteiger partial charge on any atom is 0.252 e. The largest absolute Gasteiger partial charge is 0.356 e. The number of hydrogen-bond donors (Lipinski definition) is 2. The van der Waals surface area contributed by atoms with Crippen LogP contribution in [0.4, 0.5) is 5.82 Å². The van der Waals surface area contributed by atoms with Gasteiger partial charge in [0.1, 0.15) is 11.6 Å². The third-order valence-corrected chi connectivity index (χ3v) is 4.20. The van der Waals surface area contributed by atoms with Crippen LogP contribution in [0.15, 0.2) is 10.9 Å². The Kier molecular flexibility index (Phi) is 3.09. The fourth-order valence-corrected chi connectivity index (χ4v) is 2.97. The SMILES string of the molecule is CNCC1(C)CCN(c2cc(=O)[nH]c(C3CC3)n2)C1. The Balaban J connectivity index is 1.81. The second kappa shape index (κ2) is 4.63. The lowest BCUT2D eigenvalue weighted by Crippen LogP contribution is -2.33. The summed E-state index contributed by atoms with van der Waals surface area (Å²) in [6.07, 6.45) is 3.45. The van der Waals surface area contributed by atoms with E-state index in [-0.39, 0.29) is 11.0 Å². The van der Waals surface area contributed by atoms with E-state index >= 15 is 0 Å². The van der Waals surface area contributed by atoms with Crippen LogP contribution in [-0.4, -0.2) is 36.6 Å². The van der Waals surface area contributed by atoms with Gasteiger partial charge in [-0.15, -0.1) is 0 Å². The van der Waals surface area contributed by atoms with Crippen molar-refractivity contribution in [2.75, 3.05) is 31.6 Å². The summed E-state index contributed by atoms with van der Waals surface area (Å²) in [6.45, 7) is 5.24. The van der Waals surface area contributed by atoms with Crippen molar-refractivity contribution in [3.05, 3.63) is 22.2 Å². The molecule has 1 aliphatic carbocycles. The lowest BCUT2D eigenvalue weighted by Gasteiger charge is -2.24. The molecule has 3 rings (SSSR count). The zero-order valence-corrected chi connectivity index (χ0v) is 11.7. The number of nitrogens with zero attached hydrogens (tertiary/aromatic N) is 2. The summed E-state index contributed by atoms with van der Waals surface area (Å²) in [6, 6.07) is 1.64. The molecule has 0 bridgehead atoms. The normalized spacial score (nSPS) is 26.9. The fraction of sp³-hybridized carbons (Fsp3) is 0.714. The molecule has 0 radical (unpaired) electrons. The summed E-state index contributed by atoms with van der Waals surface area (Å²) >= 11 is 0. The van der Waals surface area contributed by atoms with E-state index in [1.807, 2.05) is 7.05 Å². The van der Waals surface area contributed by atoms with Gasteiger partial charge in [0.05, 0.1) is 0 Å². The highest BCUT2D eigenvalue weighted by Gasteiger charge is 2.34. The van der Waals surface area contributed by atoms with Crippen LogP contribution in [0.2, 0.25) is 0 Å². The molecule has 1 unspecified atom stereocenters. The number of hydrogen-bond acceptors (Lipinski definition) is 4. The molecule has 2 fully saturated rings. The molecular weight excluding hydrogens is 240 g/mol. The van der Waals surface area contributed by atoms with E-state index in [2.05, 4.69) is 27.1 Å². The van der Waals surface area contributed by atoms with Gasteiger partial charge in [-0.05, 0) is 31.7 Å². The second-order valence-corrected chi connectivity index (χ2v) is 6.28. The van der Waals surface area contributed by atoms with Crippen molar-refractivity contribution in [2.24, 2.45) is 5.41 Å². The molecule has 1 aromatic heterocycles. The predicted molar refractivity (Wildman–Crippen MR) is 75.7 cm³/mol. The Hall–Kier alpha value is -1.36. The summed E-state index contributed by atoms with van der Waals surface area (Å²) in [4.78, 5) is 21.5. The molecule has 19 heavy (non-hydrogen) atoms. The minimum absolute atomic E-state index is 0.0193. The number of H-pyrrole nitrogens is 1. The van der Waals surface area contributed by atoms with Crippen molar-refractivity contribution in [3.8, 4) is 0 Å². The van der Waals surface area contributed by atoms with Gasteiger partial charge in [-0.25, -0.2) is 4.98 Å². The molecule has 104 valence electrons. The van der Waals surface area contributed by atoms with Crippen LogP contribution >= 0.6 is 0 Å². The Morgan fingerprint density at radius 3 is 3.05 bits per heavy atom. The standard InChI is InChI=1S/C14H22N4O/c1-14(8-15-2)5-6-18(9-14)11-7-12(19)17-13(16-11)10-3-4-10/h7,10,15H,3-6,8-9H2,1-2H3,(H,16,17,19). The van der Waals surface area contributed by atoms with Crippen molar-refractivity contribution in [1.29, 1.82) is 0 Å². The first-order chi connectivity index (χ1) is 9.09. The molecule has 0 amide bonds. The molecule has 2 N–H and O–H groups in total. The van der Waals surface area contributed by atoms with E-state index in [0.717, 1.165) is 50.5 Å². The second-order valence-electron chi connectivity index (χ2n) is 6.28. The third-order valence-electron chi connectivity index (χ3n) is 4.20. The Morgan fingerprint density at radius 1 is 1.58 bits per heavy atom. The molecule has 1 atom stereocenters. The molecule has 1 saturated heterocycles. The van der Waals surface area contributed by atoms with Gasteiger partial charge in [-0.1, -0.05) is 6.92 Å². The lowest BCUT2D eigenvalue weighted by molar-refractivity contribution is 0.355. The van der Waals surface area contributed by atoms with Gasteiger partial charge in [0.25, 0.3) is 5.56 Å². The quantitative estimate of drug-likeness (QED) is 0.852. The molecule has 0 spiro atoms. The molecule has 5 nitrogen and oxygen atoms in total. The van der Waals surface area contributed by atoms with E-state index in [0.29, 0.717) is 5.92 Å². The highest BCUT2D eigenvalue weighted by atomic mass is 16.1. The van der Waals surface area contributed by atoms with Crippen LogP contribution in [-0.2, 0) is 0 Å². The van der Waals surface area contributed by atoms with Crippen molar-refractivity contribution >= 4 is 5.82 Å². The predicted octanol–water partition coefficient (Wildman–Crippen LogP) is 1.08. The van der Waals surface area contributed by atoms with Crippen LogP contribution in [0.25, 0.3) is 0 Å². The number of anilines is 1. The Bertz CT molecular complexity index is 522. The highest BCUT2D eigenvalue weighted by molar-refractivity contribution is 5.40. The molecular formula is C14H22N4O. The van der Waals surface area contributed by atoms with Gasteiger partial charge < -0.3 is 15.2 Å². The van der Waals surface area contributed by atoms with Crippen LogP contribution in [0.5, 0.6) is 0 Å². The van der Waals surface area contributed by atoms with Gasteiger partial charge >= 0.3 is 0 Å². The summed E-state index contributed by atoms with van der Waals surface area (Å²) in [5, 5.41) is 3.26. The average molecular weight is 262 g/mol. The third kappa shape index (κ3) is 2.66. The van der Waals surface area contributed by atoms with Crippen molar-refractivity contribution < 1.29 is 0 Å². The van der Waals surface area contributed by atoms with Crippen LogP contribution in [0.1, 0.15) is 37.9 Å². The number of rotatable bonds is 4. The van der Waals surface area contributed by atoms with Gasteiger partial charge in [0.15, 0.2) is 0 Å². The van der Waals surface area contributed by atoms with Crippen molar-refractivity contribution in [3.63, 3.8) is 0 Å². The van der Waals surface area contributed by atoms with Crippen LogP contribution in [0, 0.1) is 5.41 Å². The molecule has 1 aromatic rings. The van der Waals surface area contributed by atoms with Crippen LogP contribution < -0.4 is 15.8 Å². The van der Waals surface area contributed by atoms with E-state index < -0.39 is 0 Å². The summed E-state index contributed by atoms with van der Waals surface area (Å²) < 4.78 is 0. The maximum atomic E-state index is 11.8. The monoisotopic (exact) mass is 262 g/mol. The minimum Gasteiger partial charge on any atom is -0.356 e. The highest BCUT2D eigenvalue weighted by Crippen LogP contribution is 2.38. The molecule has 0 aromatic carbocycles. The van der Waals surface area contributed by atoms with Crippen molar-refractivity contribution in [1.82, 2.24) is 15.3 Å². The fourth-order valence-electron chi connectivity index (χ4n) is 2.97. The smallest absolute Gasteiger partial charge is 0.252 e. The first-order valence-corrected chi connectivity index (χ1v) is 7.10. The minimum atomic E-state index is -0.0193. The zero-order chi connectivity index (χ0) is 13.5. The van der Waals surface area contributed by atoms with Crippen molar-refractivity contribution in [2.45, 2.75) is 32.1 Å². The van der Waals surface area contributed by atoms with E-state index in [1.54, 1.807) is 6.07 Å². The number of aromatic amines is 1. The zero-order valence-electron chi connectivity index (χ0n) is 11.7. The maximum absolute atomic E-state index is 11.8. The van der Waals surface area contributed by atoms with E-state index in [1.165, 1.54) is 0 Å². The molecule has 1 aliphatic heterocycles.